The quantitative estimate of drug-likeness (QED) is 0.921. The molecule has 1 heterocycles. The van der Waals surface area contributed by atoms with E-state index < -0.39 is 0 Å². The van der Waals surface area contributed by atoms with Gasteiger partial charge in [0.1, 0.15) is 5.75 Å². The molecule has 0 saturated carbocycles. The molecule has 18 heavy (non-hydrogen) atoms. The summed E-state index contributed by atoms with van der Waals surface area (Å²) < 4.78 is 5.22. The zero-order valence-corrected chi connectivity index (χ0v) is 12.0. The number of benzene rings is 1. The third-order valence-electron chi connectivity index (χ3n) is 3.21. The minimum absolute atomic E-state index is 0.652. The summed E-state index contributed by atoms with van der Waals surface area (Å²) in [6.45, 7) is 5.31. The first kappa shape index (κ1) is 13.9. The number of hydrogen-bond acceptors (Lipinski definition) is 3. The number of ether oxygens (including phenoxy) is 1. The van der Waals surface area contributed by atoms with E-state index in [1.54, 1.807) is 13.2 Å². The van der Waals surface area contributed by atoms with Gasteiger partial charge in [-0.3, -0.25) is 0 Å². The van der Waals surface area contributed by atoms with Crippen molar-refractivity contribution in [3.63, 3.8) is 0 Å². The van der Waals surface area contributed by atoms with E-state index in [4.69, 9.17) is 27.9 Å². The SMILES string of the molecule is COc1cc(Cl)cc(CCN2CCNCC2)c1Cl. The van der Waals surface area contributed by atoms with Gasteiger partial charge in [-0.2, -0.15) is 0 Å². The van der Waals surface area contributed by atoms with Gasteiger partial charge < -0.3 is 15.0 Å². The molecule has 0 atom stereocenters. The second-order valence-corrected chi connectivity index (χ2v) is 5.24. The van der Waals surface area contributed by atoms with Gasteiger partial charge in [0.15, 0.2) is 0 Å². The van der Waals surface area contributed by atoms with Crippen LogP contribution in [0, 0.1) is 0 Å². The third kappa shape index (κ3) is 3.51. The number of halogens is 2. The van der Waals surface area contributed by atoms with Gasteiger partial charge in [0.2, 0.25) is 0 Å². The molecule has 0 amide bonds. The minimum Gasteiger partial charge on any atom is -0.495 e. The Bertz CT molecular complexity index is 406. The van der Waals surface area contributed by atoms with Gasteiger partial charge in [-0.05, 0) is 18.1 Å². The third-order valence-corrected chi connectivity index (χ3v) is 3.85. The molecule has 1 saturated heterocycles. The van der Waals surface area contributed by atoms with E-state index in [9.17, 15) is 0 Å². The summed E-state index contributed by atoms with van der Waals surface area (Å²) in [5, 5.41) is 4.69. The Balaban J connectivity index is 2.01. The van der Waals surface area contributed by atoms with Crippen LogP contribution in [0.2, 0.25) is 10.0 Å². The Hall–Kier alpha value is -0.480. The average molecular weight is 289 g/mol. The fraction of sp³-hybridized carbons (Fsp3) is 0.538. The van der Waals surface area contributed by atoms with Crippen LogP contribution in [0.5, 0.6) is 5.75 Å². The standard InChI is InChI=1S/C13H18Cl2N2O/c1-18-12-9-11(14)8-10(13(12)15)2-5-17-6-3-16-4-7-17/h8-9,16H,2-7H2,1H3. The fourth-order valence-corrected chi connectivity index (χ4v) is 2.67. The molecule has 1 aromatic rings. The van der Waals surface area contributed by atoms with E-state index in [1.165, 1.54) is 0 Å². The Kier molecular flexibility index (Phi) is 5.13. The highest BCUT2D eigenvalue weighted by Crippen LogP contribution is 2.32. The highest BCUT2D eigenvalue weighted by Gasteiger charge is 2.13. The lowest BCUT2D eigenvalue weighted by molar-refractivity contribution is 0.244. The molecule has 1 aliphatic heterocycles. The van der Waals surface area contributed by atoms with Crippen LogP contribution >= 0.6 is 23.2 Å². The lowest BCUT2D eigenvalue weighted by Gasteiger charge is -2.27. The second kappa shape index (κ2) is 6.62. The van der Waals surface area contributed by atoms with Crippen LogP contribution in [0.4, 0.5) is 0 Å². The van der Waals surface area contributed by atoms with Crippen molar-refractivity contribution < 1.29 is 4.74 Å². The van der Waals surface area contributed by atoms with Crippen molar-refractivity contribution >= 4 is 23.2 Å². The first-order valence-corrected chi connectivity index (χ1v) is 6.91. The Labute approximate surface area is 118 Å². The first-order valence-electron chi connectivity index (χ1n) is 6.15. The van der Waals surface area contributed by atoms with E-state index in [0.717, 1.165) is 44.7 Å². The molecule has 0 bridgehead atoms. The van der Waals surface area contributed by atoms with E-state index in [1.807, 2.05) is 6.07 Å². The van der Waals surface area contributed by atoms with Gasteiger partial charge >= 0.3 is 0 Å². The predicted octanol–water partition coefficient (Wildman–Crippen LogP) is 2.45. The minimum atomic E-state index is 0.652. The fourth-order valence-electron chi connectivity index (χ4n) is 2.16. The monoisotopic (exact) mass is 288 g/mol. The maximum atomic E-state index is 6.28. The Morgan fingerprint density at radius 3 is 2.67 bits per heavy atom. The summed E-state index contributed by atoms with van der Waals surface area (Å²) in [6.07, 6.45) is 0.899. The predicted molar refractivity (Wildman–Crippen MR) is 76.0 cm³/mol. The number of piperazine rings is 1. The molecule has 1 aliphatic rings. The van der Waals surface area contributed by atoms with Crippen molar-refractivity contribution in [1.29, 1.82) is 0 Å². The summed E-state index contributed by atoms with van der Waals surface area (Å²) >= 11 is 12.3. The summed E-state index contributed by atoms with van der Waals surface area (Å²) in [7, 11) is 1.61. The van der Waals surface area contributed by atoms with E-state index in [-0.39, 0.29) is 0 Å². The summed E-state index contributed by atoms with van der Waals surface area (Å²) in [4.78, 5) is 2.43. The Morgan fingerprint density at radius 2 is 2.00 bits per heavy atom. The van der Waals surface area contributed by atoms with E-state index >= 15 is 0 Å². The zero-order valence-electron chi connectivity index (χ0n) is 10.5. The topological polar surface area (TPSA) is 24.5 Å². The lowest BCUT2D eigenvalue weighted by Crippen LogP contribution is -2.44. The summed E-state index contributed by atoms with van der Waals surface area (Å²) in [6, 6.07) is 3.67. The molecule has 5 heteroatoms. The largest absolute Gasteiger partial charge is 0.495 e. The number of hydrogen-bond donors (Lipinski definition) is 1. The van der Waals surface area contributed by atoms with Crippen LogP contribution in [0.3, 0.4) is 0 Å². The van der Waals surface area contributed by atoms with Gasteiger partial charge in [0.05, 0.1) is 12.1 Å². The highest BCUT2D eigenvalue weighted by molar-refractivity contribution is 6.34. The molecule has 0 radical (unpaired) electrons. The first-order chi connectivity index (χ1) is 8.70. The van der Waals surface area contributed by atoms with Crippen LogP contribution in [0.15, 0.2) is 12.1 Å². The number of rotatable bonds is 4. The van der Waals surface area contributed by atoms with Crippen molar-refractivity contribution in [2.45, 2.75) is 6.42 Å². The molecule has 0 spiro atoms. The summed E-state index contributed by atoms with van der Waals surface area (Å²) in [5.74, 6) is 0.652. The lowest BCUT2D eigenvalue weighted by atomic mass is 10.1. The van der Waals surface area contributed by atoms with Gasteiger partial charge in [0.25, 0.3) is 0 Å². The molecule has 2 rings (SSSR count). The Morgan fingerprint density at radius 1 is 1.28 bits per heavy atom. The molecule has 100 valence electrons. The molecule has 1 fully saturated rings. The molecule has 1 aromatic carbocycles. The summed E-state index contributed by atoms with van der Waals surface area (Å²) in [5.41, 5.74) is 1.06. The van der Waals surface area contributed by atoms with Crippen LogP contribution in [-0.2, 0) is 6.42 Å². The van der Waals surface area contributed by atoms with E-state index in [0.29, 0.717) is 15.8 Å². The normalized spacial score (nSPS) is 16.8. The van der Waals surface area contributed by atoms with Crippen LogP contribution < -0.4 is 10.1 Å². The van der Waals surface area contributed by atoms with Crippen LogP contribution in [0.25, 0.3) is 0 Å². The smallest absolute Gasteiger partial charge is 0.139 e. The number of nitrogens with one attached hydrogen (secondary N) is 1. The van der Waals surface area contributed by atoms with Gasteiger partial charge in [-0.1, -0.05) is 23.2 Å². The van der Waals surface area contributed by atoms with Crippen molar-refractivity contribution in [2.75, 3.05) is 39.8 Å². The molecule has 1 N–H and O–H groups in total. The molecule has 0 aliphatic carbocycles. The van der Waals surface area contributed by atoms with Crippen LogP contribution in [-0.4, -0.2) is 44.7 Å². The zero-order chi connectivity index (χ0) is 13.0. The molecule has 0 aromatic heterocycles. The van der Waals surface area contributed by atoms with E-state index in [2.05, 4.69) is 10.2 Å². The number of nitrogens with zero attached hydrogens (tertiary/aromatic N) is 1. The van der Waals surface area contributed by atoms with Crippen molar-refractivity contribution in [1.82, 2.24) is 10.2 Å². The maximum absolute atomic E-state index is 6.28. The van der Waals surface area contributed by atoms with Gasteiger partial charge in [-0.15, -0.1) is 0 Å². The van der Waals surface area contributed by atoms with Gasteiger partial charge in [-0.25, -0.2) is 0 Å². The van der Waals surface area contributed by atoms with Crippen molar-refractivity contribution in [2.24, 2.45) is 0 Å². The van der Waals surface area contributed by atoms with Gasteiger partial charge in [0, 0.05) is 43.8 Å². The molecular weight excluding hydrogens is 271 g/mol. The van der Waals surface area contributed by atoms with Crippen molar-refractivity contribution in [3.8, 4) is 5.75 Å². The number of methoxy groups -OCH3 is 1. The highest BCUT2D eigenvalue weighted by atomic mass is 35.5. The molecular formula is C13H18Cl2N2O. The molecule has 0 unspecified atom stereocenters. The van der Waals surface area contributed by atoms with Crippen LogP contribution in [0.1, 0.15) is 5.56 Å². The average Bonchev–Trinajstić information content (AvgIpc) is 2.40. The molecule has 3 nitrogen and oxygen atoms in total. The second-order valence-electron chi connectivity index (χ2n) is 4.42. The van der Waals surface area contributed by atoms with Crippen molar-refractivity contribution in [3.05, 3.63) is 27.7 Å². The maximum Gasteiger partial charge on any atom is 0.139 e.